The van der Waals surface area contributed by atoms with E-state index in [1.54, 1.807) is 29.5 Å². The molecule has 0 aliphatic carbocycles. The van der Waals surface area contributed by atoms with E-state index in [0.717, 1.165) is 36.2 Å². The Bertz CT molecular complexity index is 1180. The Hall–Kier alpha value is -2.29. The van der Waals surface area contributed by atoms with Gasteiger partial charge in [-0.25, -0.2) is 13.4 Å². The molecule has 2 aliphatic heterocycles. The van der Waals surface area contributed by atoms with Gasteiger partial charge in [-0.15, -0.1) is 11.3 Å². The molecule has 0 radical (unpaired) electrons. The van der Waals surface area contributed by atoms with Crippen molar-refractivity contribution in [3.05, 3.63) is 59.1 Å². The Morgan fingerprint density at radius 2 is 1.81 bits per heavy atom. The Labute approximate surface area is 186 Å². The summed E-state index contributed by atoms with van der Waals surface area (Å²) in [4.78, 5) is 20.1. The molecule has 0 bridgehead atoms. The van der Waals surface area contributed by atoms with E-state index in [1.807, 2.05) is 23.1 Å². The van der Waals surface area contributed by atoms with Gasteiger partial charge in [-0.3, -0.25) is 4.79 Å². The van der Waals surface area contributed by atoms with E-state index in [-0.39, 0.29) is 16.7 Å². The van der Waals surface area contributed by atoms with Gasteiger partial charge in [-0.05, 0) is 56.0 Å². The number of hydrogen-bond acceptors (Lipinski definition) is 5. The van der Waals surface area contributed by atoms with Crippen molar-refractivity contribution in [1.82, 2.24) is 14.2 Å². The molecule has 2 aliphatic rings. The number of para-hydroxylation sites is 1. The van der Waals surface area contributed by atoms with Gasteiger partial charge in [0.25, 0.3) is 5.91 Å². The molecule has 2 aromatic carbocycles. The van der Waals surface area contributed by atoms with Crippen LogP contribution in [0.4, 0.5) is 0 Å². The summed E-state index contributed by atoms with van der Waals surface area (Å²) >= 11 is 1.70. The number of benzene rings is 2. The summed E-state index contributed by atoms with van der Waals surface area (Å²) in [6, 6.07) is 14.6. The molecule has 0 saturated carbocycles. The maximum Gasteiger partial charge on any atom is 0.253 e. The third-order valence-electron chi connectivity index (χ3n) is 6.15. The maximum absolute atomic E-state index is 13.2. The number of carbonyl (C=O) groups is 1. The lowest BCUT2D eigenvalue weighted by molar-refractivity contribution is 0.0707. The number of carbonyl (C=O) groups excluding carboxylic acids is 1. The van der Waals surface area contributed by atoms with E-state index in [0.29, 0.717) is 31.7 Å². The molecule has 1 atom stereocenters. The second-order valence-corrected chi connectivity index (χ2v) is 11.2. The third kappa shape index (κ3) is 4.00. The van der Waals surface area contributed by atoms with Crippen LogP contribution in [0.3, 0.4) is 0 Å². The van der Waals surface area contributed by atoms with Gasteiger partial charge in [0.05, 0.1) is 20.1 Å². The fourth-order valence-electron chi connectivity index (χ4n) is 4.48. The fraction of sp³-hybridized carbons (Fsp3) is 0.391. The Kier molecular flexibility index (Phi) is 5.54. The van der Waals surface area contributed by atoms with Crippen LogP contribution in [0.25, 0.3) is 10.2 Å². The summed E-state index contributed by atoms with van der Waals surface area (Å²) in [7, 11) is -3.54. The van der Waals surface area contributed by atoms with E-state index < -0.39 is 10.0 Å². The number of rotatable bonds is 4. The van der Waals surface area contributed by atoms with Gasteiger partial charge in [0.1, 0.15) is 0 Å². The number of amides is 1. The number of thiazole rings is 1. The number of nitrogens with zero attached hydrogens (tertiary/aromatic N) is 3. The van der Waals surface area contributed by atoms with Crippen LogP contribution in [-0.2, 0) is 10.0 Å². The van der Waals surface area contributed by atoms with Gasteiger partial charge in [-0.2, -0.15) is 4.31 Å². The molecule has 0 unspecified atom stereocenters. The second kappa shape index (κ2) is 8.33. The monoisotopic (exact) mass is 455 g/mol. The number of piperidine rings is 1. The molecule has 1 amide bonds. The number of aromatic nitrogens is 1. The van der Waals surface area contributed by atoms with Crippen molar-refractivity contribution in [2.24, 2.45) is 0 Å². The standard InChI is InChI=1S/C23H25N3O3S2/c27-23(17-7-5-9-19(15-17)31(28,29)26-13-3-4-14-26)25-12-6-8-18(16-25)22-24-20-10-1-2-11-21(20)30-22/h1-2,5,7,9-11,15,18H,3-4,6,8,12-14,16H2/t18-/m0/s1. The summed E-state index contributed by atoms with van der Waals surface area (Å²) in [5.41, 5.74) is 1.44. The summed E-state index contributed by atoms with van der Waals surface area (Å²) in [5.74, 6) is 0.107. The van der Waals surface area contributed by atoms with Gasteiger partial charge in [0.15, 0.2) is 0 Å². The molecule has 31 heavy (non-hydrogen) atoms. The Morgan fingerprint density at radius 1 is 1.00 bits per heavy atom. The van der Waals surface area contributed by atoms with Crippen LogP contribution in [0.15, 0.2) is 53.4 Å². The predicted octanol–water partition coefficient (Wildman–Crippen LogP) is 4.10. The zero-order valence-electron chi connectivity index (χ0n) is 17.2. The van der Waals surface area contributed by atoms with Crippen molar-refractivity contribution in [2.75, 3.05) is 26.2 Å². The van der Waals surface area contributed by atoms with Crippen molar-refractivity contribution in [3.63, 3.8) is 0 Å². The lowest BCUT2D eigenvalue weighted by Crippen LogP contribution is -2.39. The van der Waals surface area contributed by atoms with Crippen LogP contribution in [0, 0.1) is 0 Å². The van der Waals surface area contributed by atoms with E-state index in [1.165, 1.54) is 15.1 Å². The topological polar surface area (TPSA) is 70.6 Å². The normalized spacial score (nSPS) is 20.4. The van der Waals surface area contributed by atoms with Gasteiger partial charge in [0, 0.05) is 37.7 Å². The highest BCUT2D eigenvalue weighted by Gasteiger charge is 2.30. The molecule has 162 valence electrons. The van der Waals surface area contributed by atoms with Crippen molar-refractivity contribution < 1.29 is 13.2 Å². The molecular formula is C23H25N3O3S2. The molecule has 2 fully saturated rings. The Balaban J connectivity index is 1.36. The summed E-state index contributed by atoms with van der Waals surface area (Å²) in [6.45, 7) is 2.40. The van der Waals surface area contributed by atoms with E-state index in [9.17, 15) is 13.2 Å². The van der Waals surface area contributed by atoms with Crippen LogP contribution in [0.2, 0.25) is 0 Å². The van der Waals surface area contributed by atoms with E-state index in [2.05, 4.69) is 6.07 Å². The number of hydrogen-bond donors (Lipinski definition) is 0. The van der Waals surface area contributed by atoms with Crippen LogP contribution >= 0.6 is 11.3 Å². The molecule has 6 nitrogen and oxygen atoms in total. The molecule has 5 rings (SSSR count). The van der Waals surface area contributed by atoms with Crippen LogP contribution in [0.5, 0.6) is 0 Å². The summed E-state index contributed by atoms with van der Waals surface area (Å²) in [6.07, 6.45) is 3.70. The number of likely N-dealkylation sites (tertiary alicyclic amines) is 1. The molecule has 1 aromatic heterocycles. The van der Waals surface area contributed by atoms with Gasteiger partial charge >= 0.3 is 0 Å². The quantitative estimate of drug-likeness (QED) is 0.594. The second-order valence-electron chi connectivity index (χ2n) is 8.25. The molecule has 2 saturated heterocycles. The first-order valence-electron chi connectivity index (χ1n) is 10.8. The fourth-order valence-corrected chi connectivity index (χ4v) is 7.13. The van der Waals surface area contributed by atoms with Crippen LogP contribution in [-0.4, -0.2) is 54.7 Å². The maximum atomic E-state index is 13.2. The first kappa shape index (κ1) is 20.6. The molecule has 8 heteroatoms. The highest BCUT2D eigenvalue weighted by Crippen LogP contribution is 2.33. The zero-order valence-corrected chi connectivity index (χ0v) is 18.9. The highest BCUT2D eigenvalue weighted by molar-refractivity contribution is 7.89. The molecule has 3 aromatic rings. The van der Waals surface area contributed by atoms with E-state index in [4.69, 9.17) is 4.98 Å². The van der Waals surface area contributed by atoms with Crippen molar-refractivity contribution in [2.45, 2.75) is 36.5 Å². The SMILES string of the molecule is O=C(c1cccc(S(=O)(=O)N2CCCC2)c1)N1CCC[C@H](c2nc3ccccc3s2)C1. The lowest BCUT2D eigenvalue weighted by Gasteiger charge is -2.32. The van der Waals surface area contributed by atoms with Crippen molar-refractivity contribution in [3.8, 4) is 0 Å². The zero-order chi connectivity index (χ0) is 21.4. The predicted molar refractivity (Wildman–Crippen MR) is 122 cm³/mol. The first-order chi connectivity index (χ1) is 15.0. The highest BCUT2D eigenvalue weighted by atomic mass is 32.2. The van der Waals surface area contributed by atoms with Gasteiger partial charge < -0.3 is 4.90 Å². The van der Waals surface area contributed by atoms with Crippen LogP contribution in [0.1, 0.15) is 47.0 Å². The smallest absolute Gasteiger partial charge is 0.253 e. The molecule has 3 heterocycles. The van der Waals surface area contributed by atoms with Gasteiger partial charge in [-0.1, -0.05) is 18.2 Å². The summed E-state index contributed by atoms with van der Waals surface area (Å²) < 4.78 is 28.5. The lowest BCUT2D eigenvalue weighted by atomic mass is 9.98. The molecule has 0 N–H and O–H groups in total. The van der Waals surface area contributed by atoms with E-state index >= 15 is 0 Å². The average Bonchev–Trinajstić information content (AvgIpc) is 3.49. The van der Waals surface area contributed by atoms with Gasteiger partial charge in [0.2, 0.25) is 10.0 Å². The van der Waals surface area contributed by atoms with Crippen LogP contribution < -0.4 is 0 Å². The summed E-state index contributed by atoms with van der Waals surface area (Å²) in [5, 5.41) is 1.07. The minimum atomic E-state index is -3.54. The van der Waals surface area contributed by atoms with Crippen molar-refractivity contribution in [1.29, 1.82) is 0 Å². The molecule has 0 spiro atoms. The molecular weight excluding hydrogens is 430 g/mol. The third-order valence-corrected chi connectivity index (χ3v) is 9.25. The average molecular weight is 456 g/mol. The minimum absolute atomic E-state index is 0.107. The number of fused-ring (bicyclic) bond motifs is 1. The largest absolute Gasteiger partial charge is 0.338 e. The first-order valence-corrected chi connectivity index (χ1v) is 13.0. The Morgan fingerprint density at radius 3 is 2.61 bits per heavy atom. The number of sulfonamides is 1. The minimum Gasteiger partial charge on any atom is -0.338 e. The van der Waals surface area contributed by atoms with Crippen molar-refractivity contribution >= 4 is 37.5 Å².